The number of carbonyl (C=O) groups is 1. The molecule has 1 N–H and O–H groups in total. The fourth-order valence-corrected chi connectivity index (χ4v) is 2.68. The number of hydrogen-bond acceptors (Lipinski definition) is 3. The Morgan fingerprint density at radius 3 is 2.95 bits per heavy atom. The van der Waals surface area contributed by atoms with Gasteiger partial charge in [0.25, 0.3) is 0 Å². The number of aliphatic hydroxyl groups excluding tert-OH is 1. The predicted molar refractivity (Wildman–Crippen MR) is 74.3 cm³/mol. The lowest BCUT2D eigenvalue weighted by molar-refractivity contribution is -0.117. The molecule has 3 rings (SSSR count). The molecule has 1 fully saturated rings. The van der Waals surface area contributed by atoms with E-state index in [-0.39, 0.29) is 18.4 Å². The maximum atomic E-state index is 12.1. The molecule has 0 bridgehead atoms. The first kappa shape index (κ1) is 12.4. The summed E-state index contributed by atoms with van der Waals surface area (Å²) in [5, 5.41) is 10.5. The van der Waals surface area contributed by atoms with E-state index >= 15 is 0 Å². The van der Waals surface area contributed by atoms with Gasteiger partial charge in [-0.2, -0.15) is 0 Å². The molecule has 0 spiro atoms. The van der Waals surface area contributed by atoms with Crippen LogP contribution in [0.15, 0.2) is 30.3 Å². The smallest absolute Gasteiger partial charge is 0.227 e. The van der Waals surface area contributed by atoms with Crippen LogP contribution < -0.4 is 4.90 Å². The average Bonchev–Trinajstić information content (AvgIpc) is 2.79. The molecule has 5 heteroatoms. The number of halogens is 1. The minimum absolute atomic E-state index is 0.00166. The zero-order chi connectivity index (χ0) is 13.4. The molecule has 0 aliphatic carbocycles. The molecule has 1 aromatic carbocycles. The number of rotatable bonds is 2. The van der Waals surface area contributed by atoms with Gasteiger partial charge >= 0.3 is 0 Å². The van der Waals surface area contributed by atoms with E-state index in [1.54, 1.807) is 11.0 Å². The molecule has 4 nitrogen and oxygen atoms in total. The Hall–Kier alpha value is -1.65. The molecular formula is C14H13ClN2O2. The quantitative estimate of drug-likeness (QED) is 0.856. The molecule has 1 aliphatic rings. The van der Waals surface area contributed by atoms with Gasteiger partial charge in [0.05, 0.1) is 11.2 Å². The van der Waals surface area contributed by atoms with Gasteiger partial charge in [0.1, 0.15) is 5.15 Å². The minimum atomic E-state index is -0.00166. The van der Waals surface area contributed by atoms with Crippen molar-refractivity contribution in [2.24, 2.45) is 5.92 Å². The second-order valence-corrected chi connectivity index (χ2v) is 5.13. The van der Waals surface area contributed by atoms with Crippen molar-refractivity contribution < 1.29 is 9.90 Å². The molecule has 1 unspecified atom stereocenters. The maximum absolute atomic E-state index is 12.1. The SMILES string of the molecule is O=C1CC(CO)CN1c1cc(Cl)nc2ccccc12. The van der Waals surface area contributed by atoms with Gasteiger partial charge < -0.3 is 10.0 Å². The van der Waals surface area contributed by atoms with Crippen molar-refractivity contribution in [2.75, 3.05) is 18.1 Å². The van der Waals surface area contributed by atoms with Crippen molar-refractivity contribution >= 4 is 34.1 Å². The van der Waals surface area contributed by atoms with Crippen molar-refractivity contribution in [1.29, 1.82) is 0 Å². The Balaban J connectivity index is 2.12. The summed E-state index contributed by atoms with van der Waals surface area (Å²) in [7, 11) is 0. The van der Waals surface area contributed by atoms with Gasteiger partial charge in [-0.05, 0) is 12.1 Å². The van der Waals surface area contributed by atoms with Gasteiger partial charge in [0.2, 0.25) is 5.91 Å². The highest BCUT2D eigenvalue weighted by Gasteiger charge is 2.31. The van der Waals surface area contributed by atoms with Gasteiger partial charge in [-0.15, -0.1) is 0 Å². The highest BCUT2D eigenvalue weighted by Crippen LogP contribution is 2.32. The highest BCUT2D eigenvalue weighted by atomic mass is 35.5. The van der Waals surface area contributed by atoms with Crippen molar-refractivity contribution in [3.8, 4) is 0 Å². The Morgan fingerprint density at radius 2 is 2.21 bits per heavy atom. The van der Waals surface area contributed by atoms with E-state index in [2.05, 4.69) is 4.98 Å². The number of aromatic nitrogens is 1. The topological polar surface area (TPSA) is 53.4 Å². The molecule has 1 aromatic heterocycles. The summed E-state index contributed by atoms with van der Waals surface area (Å²) in [5.41, 5.74) is 1.54. The van der Waals surface area contributed by atoms with Crippen molar-refractivity contribution in [1.82, 2.24) is 4.98 Å². The largest absolute Gasteiger partial charge is 0.396 e. The summed E-state index contributed by atoms with van der Waals surface area (Å²) in [6, 6.07) is 9.30. The van der Waals surface area contributed by atoms with Crippen LogP contribution in [0.4, 0.5) is 5.69 Å². The van der Waals surface area contributed by atoms with E-state index in [0.717, 1.165) is 16.6 Å². The van der Waals surface area contributed by atoms with Crippen molar-refractivity contribution in [2.45, 2.75) is 6.42 Å². The van der Waals surface area contributed by atoms with E-state index in [1.165, 1.54) is 0 Å². The van der Waals surface area contributed by atoms with Gasteiger partial charge in [-0.25, -0.2) is 4.98 Å². The van der Waals surface area contributed by atoms with Gasteiger partial charge in [0, 0.05) is 30.9 Å². The van der Waals surface area contributed by atoms with Crippen molar-refractivity contribution in [3.63, 3.8) is 0 Å². The average molecular weight is 277 g/mol. The summed E-state index contributed by atoms with van der Waals surface area (Å²) in [4.78, 5) is 18.0. The van der Waals surface area contributed by atoms with Crippen LogP contribution in [-0.4, -0.2) is 29.1 Å². The Labute approximate surface area is 115 Å². The summed E-state index contributed by atoms with van der Waals surface area (Å²) >= 11 is 6.02. The summed E-state index contributed by atoms with van der Waals surface area (Å²) in [6.45, 7) is 0.554. The van der Waals surface area contributed by atoms with Crippen LogP contribution in [-0.2, 0) is 4.79 Å². The van der Waals surface area contributed by atoms with E-state index < -0.39 is 0 Å². The molecule has 1 amide bonds. The lowest BCUT2D eigenvalue weighted by atomic mass is 10.1. The fourth-order valence-electron chi connectivity index (χ4n) is 2.49. The number of para-hydroxylation sites is 1. The van der Waals surface area contributed by atoms with Crippen LogP contribution in [0.25, 0.3) is 10.9 Å². The third kappa shape index (κ3) is 2.17. The van der Waals surface area contributed by atoms with Gasteiger partial charge in [-0.1, -0.05) is 29.8 Å². The Morgan fingerprint density at radius 1 is 1.42 bits per heavy atom. The number of hydrogen-bond donors (Lipinski definition) is 1. The molecule has 1 aliphatic heterocycles. The third-order valence-corrected chi connectivity index (χ3v) is 3.61. The summed E-state index contributed by atoms with van der Waals surface area (Å²) in [5.74, 6) is 0.0182. The van der Waals surface area contributed by atoms with Crippen LogP contribution >= 0.6 is 11.6 Å². The van der Waals surface area contributed by atoms with Crippen molar-refractivity contribution in [3.05, 3.63) is 35.5 Å². The number of anilines is 1. The first-order chi connectivity index (χ1) is 9.19. The monoisotopic (exact) mass is 276 g/mol. The number of benzene rings is 1. The lowest BCUT2D eigenvalue weighted by Crippen LogP contribution is -2.25. The molecular weight excluding hydrogens is 264 g/mol. The molecule has 98 valence electrons. The Kier molecular flexibility index (Phi) is 3.12. The van der Waals surface area contributed by atoms with Crippen LogP contribution in [0.3, 0.4) is 0 Å². The first-order valence-corrected chi connectivity index (χ1v) is 6.53. The minimum Gasteiger partial charge on any atom is -0.396 e. The van der Waals surface area contributed by atoms with Gasteiger partial charge in [0.15, 0.2) is 0 Å². The number of pyridine rings is 1. The predicted octanol–water partition coefficient (Wildman–Crippen LogP) is 2.23. The number of fused-ring (bicyclic) bond motifs is 1. The molecule has 2 heterocycles. The lowest BCUT2D eigenvalue weighted by Gasteiger charge is -2.18. The van der Waals surface area contributed by atoms with Crippen LogP contribution in [0.5, 0.6) is 0 Å². The molecule has 0 saturated carbocycles. The summed E-state index contributed by atoms with van der Waals surface area (Å²) < 4.78 is 0. The second kappa shape index (κ2) is 4.79. The fraction of sp³-hybridized carbons (Fsp3) is 0.286. The number of aliphatic hydroxyl groups is 1. The van der Waals surface area contributed by atoms with Crippen LogP contribution in [0, 0.1) is 5.92 Å². The number of amides is 1. The molecule has 0 radical (unpaired) electrons. The molecule has 2 aromatic rings. The third-order valence-electron chi connectivity index (χ3n) is 3.42. The van der Waals surface area contributed by atoms with E-state index in [1.807, 2.05) is 24.3 Å². The molecule has 19 heavy (non-hydrogen) atoms. The number of nitrogens with zero attached hydrogens (tertiary/aromatic N) is 2. The standard InChI is InChI=1S/C14H13ClN2O2/c15-13-6-12(10-3-1-2-4-11(10)16-13)17-7-9(8-18)5-14(17)19/h1-4,6,9,18H,5,7-8H2. The second-order valence-electron chi connectivity index (χ2n) is 4.74. The van der Waals surface area contributed by atoms with Crippen LogP contribution in [0.1, 0.15) is 6.42 Å². The van der Waals surface area contributed by atoms with E-state index in [4.69, 9.17) is 11.6 Å². The molecule has 1 atom stereocenters. The van der Waals surface area contributed by atoms with E-state index in [9.17, 15) is 9.90 Å². The highest BCUT2D eigenvalue weighted by molar-refractivity contribution is 6.30. The zero-order valence-corrected chi connectivity index (χ0v) is 11.0. The van der Waals surface area contributed by atoms with Crippen LogP contribution in [0.2, 0.25) is 5.15 Å². The molecule has 1 saturated heterocycles. The maximum Gasteiger partial charge on any atom is 0.227 e. The zero-order valence-electron chi connectivity index (χ0n) is 10.2. The van der Waals surface area contributed by atoms with Gasteiger partial charge in [-0.3, -0.25) is 4.79 Å². The number of carbonyl (C=O) groups excluding carboxylic acids is 1. The Bertz CT molecular complexity index is 644. The summed E-state index contributed by atoms with van der Waals surface area (Å²) in [6.07, 6.45) is 0.380. The first-order valence-electron chi connectivity index (χ1n) is 6.15. The normalized spacial score (nSPS) is 19.4. The van der Waals surface area contributed by atoms with E-state index in [0.29, 0.717) is 18.1 Å².